The van der Waals surface area contributed by atoms with Gasteiger partial charge in [-0.15, -0.1) is 11.3 Å². The molecule has 1 aliphatic rings. The average Bonchev–Trinajstić information content (AvgIpc) is 3.53. The number of rotatable bonds is 6. The highest BCUT2D eigenvalue weighted by atomic mass is 32.1. The van der Waals surface area contributed by atoms with Crippen LogP contribution in [0.15, 0.2) is 48.1 Å². The highest BCUT2D eigenvalue weighted by Crippen LogP contribution is 2.25. The molecule has 9 nitrogen and oxygen atoms in total. The maximum Gasteiger partial charge on any atom is 0.274 e. The van der Waals surface area contributed by atoms with Gasteiger partial charge in [0.2, 0.25) is 0 Å². The Labute approximate surface area is 194 Å². The number of nitrogens with zero attached hydrogens (tertiary/aromatic N) is 5. The van der Waals surface area contributed by atoms with Gasteiger partial charge < -0.3 is 15.3 Å². The Hall–Kier alpha value is -3.50. The molecule has 0 saturated carbocycles. The number of hydrogen-bond acceptors (Lipinski definition) is 6. The standard InChI is InChI=1S/C23H24N6O3S/c1-15(16-5-3-2-4-6-16)24-21(31)20-17-13-27(8-7-19(17)29(26-20)9-11-30)22(32)18-14-28-10-12-33-23(28)25-18/h2-6,10,12,14-15,30H,7-9,11,13H2,1H3,(H,24,31)/t15-/m1/s1. The molecule has 0 aliphatic carbocycles. The van der Waals surface area contributed by atoms with Crippen molar-refractivity contribution in [2.75, 3.05) is 13.2 Å². The molecule has 4 aromatic rings. The van der Waals surface area contributed by atoms with E-state index in [1.165, 1.54) is 11.3 Å². The second kappa shape index (κ2) is 8.80. The van der Waals surface area contributed by atoms with E-state index in [4.69, 9.17) is 0 Å². The lowest BCUT2D eigenvalue weighted by Gasteiger charge is -2.27. The summed E-state index contributed by atoms with van der Waals surface area (Å²) in [6.07, 6.45) is 4.15. The Morgan fingerprint density at radius 2 is 2.09 bits per heavy atom. The van der Waals surface area contributed by atoms with Gasteiger partial charge >= 0.3 is 0 Å². The molecule has 0 bridgehead atoms. The van der Waals surface area contributed by atoms with Crippen LogP contribution in [0.4, 0.5) is 0 Å². The Bertz CT molecular complexity index is 1280. The molecule has 2 N–H and O–H groups in total. The minimum atomic E-state index is -0.295. The maximum atomic E-state index is 13.2. The lowest BCUT2D eigenvalue weighted by Crippen LogP contribution is -2.37. The molecule has 2 amide bonds. The normalized spacial score (nSPS) is 14.3. The van der Waals surface area contributed by atoms with Crippen LogP contribution in [0, 0.1) is 0 Å². The van der Waals surface area contributed by atoms with Gasteiger partial charge in [0, 0.05) is 42.0 Å². The van der Waals surface area contributed by atoms with E-state index in [0.29, 0.717) is 30.9 Å². The highest BCUT2D eigenvalue weighted by molar-refractivity contribution is 7.15. The first-order valence-corrected chi connectivity index (χ1v) is 11.7. The molecule has 1 atom stereocenters. The van der Waals surface area contributed by atoms with Crippen molar-refractivity contribution in [2.24, 2.45) is 0 Å². The number of nitrogens with one attached hydrogen (secondary N) is 1. The summed E-state index contributed by atoms with van der Waals surface area (Å²) in [5.41, 5.74) is 3.28. The Balaban J connectivity index is 1.40. The number of fused-ring (bicyclic) bond motifs is 2. The van der Waals surface area contributed by atoms with Gasteiger partial charge in [-0.2, -0.15) is 5.10 Å². The van der Waals surface area contributed by atoms with Crippen LogP contribution in [0.2, 0.25) is 0 Å². The van der Waals surface area contributed by atoms with Crippen LogP contribution in [-0.2, 0) is 19.5 Å². The fourth-order valence-corrected chi connectivity index (χ4v) is 4.91. The van der Waals surface area contributed by atoms with Crippen molar-refractivity contribution in [3.63, 3.8) is 0 Å². The summed E-state index contributed by atoms with van der Waals surface area (Å²) < 4.78 is 3.52. The van der Waals surface area contributed by atoms with Crippen molar-refractivity contribution < 1.29 is 14.7 Å². The third-order valence-corrected chi connectivity index (χ3v) is 6.68. The second-order valence-electron chi connectivity index (χ2n) is 8.02. The molecule has 0 unspecified atom stereocenters. The minimum Gasteiger partial charge on any atom is -0.394 e. The number of benzene rings is 1. The van der Waals surface area contributed by atoms with E-state index in [1.54, 1.807) is 15.8 Å². The predicted octanol–water partition coefficient (Wildman–Crippen LogP) is 2.27. The first-order valence-electron chi connectivity index (χ1n) is 10.8. The van der Waals surface area contributed by atoms with Crippen molar-refractivity contribution in [1.82, 2.24) is 29.4 Å². The first-order chi connectivity index (χ1) is 16.0. The quantitative estimate of drug-likeness (QED) is 0.456. The van der Waals surface area contributed by atoms with Gasteiger partial charge in [-0.25, -0.2) is 4.98 Å². The molecule has 1 aliphatic heterocycles. The molecule has 4 heterocycles. The number of carbonyl (C=O) groups excluding carboxylic acids is 2. The molecule has 1 aromatic carbocycles. The van der Waals surface area contributed by atoms with Crippen LogP contribution >= 0.6 is 11.3 Å². The number of aliphatic hydroxyl groups excluding tert-OH is 1. The molecule has 33 heavy (non-hydrogen) atoms. The fraction of sp³-hybridized carbons (Fsp3) is 0.304. The SMILES string of the molecule is C[C@@H](NC(=O)c1nn(CCO)c2c1CN(C(=O)c1cn3ccsc3n1)CC2)c1ccccc1. The van der Waals surface area contributed by atoms with Crippen molar-refractivity contribution >= 4 is 28.1 Å². The lowest BCUT2D eigenvalue weighted by molar-refractivity contribution is 0.0724. The van der Waals surface area contributed by atoms with E-state index in [2.05, 4.69) is 15.4 Å². The third-order valence-electron chi connectivity index (χ3n) is 5.91. The molecule has 0 radical (unpaired) electrons. The van der Waals surface area contributed by atoms with Gasteiger partial charge in [-0.3, -0.25) is 18.7 Å². The van der Waals surface area contributed by atoms with E-state index in [-0.39, 0.29) is 31.0 Å². The summed E-state index contributed by atoms with van der Waals surface area (Å²) in [4.78, 5) is 33.2. The number of aliphatic hydroxyl groups is 1. The summed E-state index contributed by atoms with van der Waals surface area (Å²) in [6, 6.07) is 9.51. The topological polar surface area (TPSA) is 105 Å². The number of aromatic nitrogens is 4. The van der Waals surface area contributed by atoms with Crippen LogP contribution in [0.25, 0.3) is 4.96 Å². The molecule has 3 aromatic heterocycles. The number of imidazole rings is 1. The van der Waals surface area contributed by atoms with Crippen LogP contribution in [0.1, 0.15) is 50.8 Å². The van der Waals surface area contributed by atoms with Crippen molar-refractivity contribution in [1.29, 1.82) is 0 Å². The van der Waals surface area contributed by atoms with Gasteiger partial charge in [0.15, 0.2) is 10.7 Å². The Kier molecular flexibility index (Phi) is 5.69. The smallest absolute Gasteiger partial charge is 0.274 e. The predicted molar refractivity (Wildman–Crippen MR) is 123 cm³/mol. The average molecular weight is 465 g/mol. The van der Waals surface area contributed by atoms with E-state index in [9.17, 15) is 14.7 Å². The first kappa shape index (κ1) is 21.4. The monoisotopic (exact) mass is 464 g/mol. The van der Waals surface area contributed by atoms with Crippen LogP contribution < -0.4 is 5.32 Å². The maximum absolute atomic E-state index is 13.2. The van der Waals surface area contributed by atoms with E-state index < -0.39 is 0 Å². The second-order valence-corrected chi connectivity index (χ2v) is 8.90. The molecule has 10 heteroatoms. The van der Waals surface area contributed by atoms with Gasteiger partial charge in [-0.1, -0.05) is 30.3 Å². The summed E-state index contributed by atoms with van der Waals surface area (Å²) in [5.74, 6) is -0.466. The summed E-state index contributed by atoms with van der Waals surface area (Å²) in [5, 5.41) is 18.9. The molecule has 0 fully saturated rings. The van der Waals surface area contributed by atoms with Gasteiger partial charge in [0.25, 0.3) is 11.8 Å². The summed E-state index contributed by atoms with van der Waals surface area (Å²) in [7, 11) is 0. The van der Waals surface area contributed by atoms with Crippen LogP contribution in [0.5, 0.6) is 0 Å². The zero-order chi connectivity index (χ0) is 22.9. The van der Waals surface area contributed by atoms with Crippen molar-refractivity contribution in [3.8, 4) is 0 Å². The fourth-order valence-electron chi connectivity index (χ4n) is 4.21. The number of thiazole rings is 1. The molecule has 5 rings (SSSR count). The molecular formula is C23H24N6O3S. The Morgan fingerprint density at radius 1 is 1.27 bits per heavy atom. The van der Waals surface area contributed by atoms with E-state index in [0.717, 1.165) is 21.8 Å². The van der Waals surface area contributed by atoms with Gasteiger partial charge in [0.05, 0.1) is 25.7 Å². The van der Waals surface area contributed by atoms with E-state index >= 15 is 0 Å². The largest absolute Gasteiger partial charge is 0.394 e. The minimum absolute atomic E-state index is 0.0797. The summed E-state index contributed by atoms with van der Waals surface area (Å²) in [6.45, 7) is 2.91. The van der Waals surface area contributed by atoms with Gasteiger partial charge in [0.1, 0.15) is 5.69 Å². The third kappa shape index (κ3) is 4.03. The van der Waals surface area contributed by atoms with Crippen molar-refractivity contribution in [2.45, 2.75) is 32.5 Å². The Morgan fingerprint density at radius 3 is 2.85 bits per heavy atom. The number of amides is 2. The molecule has 170 valence electrons. The number of carbonyl (C=O) groups is 2. The van der Waals surface area contributed by atoms with Gasteiger partial charge in [-0.05, 0) is 12.5 Å². The molecular weight excluding hydrogens is 440 g/mol. The van der Waals surface area contributed by atoms with Crippen molar-refractivity contribution in [3.05, 3.63) is 76.3 Å². The van der Waals surface area contributed by atoms with Crippen LogP contribution in [-0.4, -0.2) is 54.1 Å². The highest BCUT2D eigenvalue weighted by Gasteiger charge is 2.31. The zero-order valence-corrected chi connectivity index (χ0v) is 19.0. The zero-order valence-electron chi connectivity index (χ0n) is 18.1. The molecule has 0 saturated heterocycles. The van der Waals surface area contributed by atoms with Crippen LogP contribution in [0.3, 0.4) is 0 Å². The lowest BCUT2D eigenvalue weighted by atomic mass is 10.0. The number of hydrogen-bond donors (Lipinski definition) is 2. The molecule has 0 spiro atoms. The van der Waals surface area contributed by atoms with E-state index in [1.807, 2.05) is 53.2 Å². The summed E-state index contributed by atoms with van der Waals surface area (Å²) >= 11 is 1.47.